The van der Waals surface area contributed by atoms with Crippen molar-refractivity contribution in [2.45, 2.75) is 77.0 Å². The SMILES string of the molecule is CCC[C@@H]1CC[C@H]2[C@@H](CC[C@@H]3CC(c4cc(F)c(C(=O)O)cc4F)CC[C@H]32)C1. The molecule has 2 nitrogen and oxygen atoms in total. The van der Waals surface area contributed by atoms with Gasteiger partial charge in [0.15, 0.2) is 0 Å². The molecule has 0 aromatic heterocycles. The van der Waals surface area contributed by atoms with Gasteiger partial charge < -0.3 is 5.11 Å². The molecular formula is C24H32F2O2. The number of halogens is 2. The Kier molecular flexibility index (Phi) is 5.76. The van der Waals surface area contributed by atoms with E-state index in [9.17, 15) is 13.6 Å². The van der Waals surface area contributed by atoms with Gasteiger partial charge in [0.25, 0.3) is 0 Å². The van der Waals surface area contributed by atoms with Gasteiger partial charge in [-0.3, -0.25) is 0 Å². The van der Waals surface area contributed by atoms with Gasteiger partial charge in [0, 0.05) is 0 Å². The average molecular weight is 391 g/mol. The maximum Gasteiger partial charge on any atom is 0.338 e. The van der Waals surface area contributed by atoms with Gasteiger partial charge in [0.1, 0.15) is 11.6 Å². The minimum absolute atomic E-state index is 0.0200. The fraction of sp³-hybridized carbons (Fsp3) is 0.708. The van der Waals surface area contributed by atoms with Crippen LogP contribution in [-0.2, 0) is 0 Å². The van der Waals surface area contributed by atoms with E-state index in [1.54, 1.807) is 0 Å². The summed E-state index contributed by atoms with van der Waals surface area (Å²) >= 11 is 0. The first-order valence-corrected chi connectivity index (χ1v) is 11.2. The van der Waals surface area contributed by atoms with Crippen LogP contribution in [0.4, 0.5) is 8.78 Å². The molecule has 1 unspecified atom stereocenters. The number of hydrogen-bond donors (Lipinski definition) is 1. The highest BCUT2D eigenvalue weighted by atomic mass is 19.1. The van der Waals surface area contributed by atoms with Crippen molar-refractivity contribution in [1.29, 1.82) is 0 Å². The third kappa shape index (κ3) is 3.71. The second-order valence-electron chi connectivity index (χ2n) is 9.56. The number of carbonyl (C=O) groups is 1. The lowest BCUT2D eigenvalue weighted by molar-refractivity contribution is 0.00514. The minimum atomic E-state index is -1.41. The Morgan fingerprint density at radius 1 is 0.964 bits per heavy atom. The maximum atomic E-state index is 14.6. The van der Waals surface area contributed by atoms with Crippen molar-refractivity contribution in [3.05, 3.63) is 34.9 Å². The van der Waals surface area contributed by atoms with Gasteiger partial charge in [-0.15, -0.1) is 0 Å². The first-order valence-electron chi connectivity index (χ1n) is 11.2. The van der Waals surface area contributed by atoms with E-state index >= 15 is 0 Å². The lowest BCUT2D eigenvalue weighted by atomic mass is 9.54. The Morgan fingerprint density at radius 3 is 2.32 bits per heavy atom. The summed E-state index contributed by atoms with van der Waals surface area (Å²) in [7, 11) is 0. The van der Waals surface area contributed by atoms with E-state index in [1.807, 2.05) is 0 Å². The van der Waals surface area contributed by atoms with E-state index in [0.29, 0.717) is 11.5 Å². The number of fused-ring (bicyclic) bond motifs is 3. The summed E-state index contributed by atoms with van der Waals surface area (Å²) in [4.78, 5) is 11.0. The Hall–Kier alpha value is -1.45. The van der Waals surface area contributed by atoms with Crippen molar-refractivity contribution >= 4 is 5.97 Å². The molecular weight excluding hydrogens is 358 g/mol. The molecule has 1 aromatic rings. The van der Waals surface area contributed by atoms with Crippen LogP contribution in [0.5, 0.6) is 0 Å². The summed E-state index contributed by atoms with van der Waals surface area (Å²) in [5.74, 6) is 1.24. The predicted molar refractivity (Wildman–Crippen MR) is 105 cm³/mol. The quantitative estimate of drug-likeness (QED) is 0.614. The molecule has 4 heteroatoms. The Bertz CT molecular complexity index is 732. The first-order chi connectivity index (χ1) is 13.5. The molecule has 0 spiro atoms. The van der Waals surface area contributed by atoms with Crippen LogP contribution >= 0.6 is 0 Å². The molecule has 1 N–H and O–H groups in total. The summed E-state index contributed by atoms with van der Waals surface area (Å²) in [6.07, 6.45) is 12.2. The van der Waals surface area contributed by atoms with Crippen molar-refractivity contribution in [2.75, 3.05) is 0 Å². The summed E-state index contributed by atoms with van der Waals surface area (Å²) in [5.41, 5.74) is -0.186. The number of rotatable bonds is 4. The summed E-state index contributed by atoms with van der Waals surface area (Å²) in [6.45, 7) is 2.29. The Labute approximate surface area is 166 Å². The van der Waals surface area contributed by atoms with E-state index in [2.05, 4.69) is 6.92 Å². The number of carboxylic acid groups (broad SMARTS) is 1. The summed E-state index contributed by atoms with van der Waals surface area (Å²) in [5, 5.41) is 9.00. The lowest BCUT2D eigenvalue weighted by Crippen LogP contribution is -2.41. The molecule has 1 aromatic carbocycles. The van der Waals surface area contributed by atoms with E-state index < -0.39 is 23.2 Å². The van der Waals surface area contributed by atoms with Gasteiger partial charge in [0.2, 0.25) is 0 Å². The standard InChI is InChI=1S/C24H32F2O2/c1-2-3-14-4-8-18-15(10-14)5-6-16-11-17(7-9-19(16)18)20-12-23(26)21(24(27)28)13-22(20)25/h12-19H,2-11H2,1H3,(H,27,28)/t14-,15+,16-,17?,18+,19-/m1/s1. The van der Waals surface area contributed by atoms with Crippen LogP contribution in [0.15, 0.2) is 12.1 Å². The van der Waals surface area contributed by atoms with Crippen molar-refractivity contribution in [1.82, 2.24) is 0 Å². The van der Waals surface area contributed by atoms with Crippen LogP contribution < -0.4 is 0 Å². The van der Waals surface area contributed by atoms with E-state index in [4.69, 9.17) is 5.11 Å². The lowest BCUT2D eigenvalue weighted by Gasteiger charge is -2.51. The zero-order chi connectivity index (χ0) is 19.8. The van der Waals surface area contributed by atoms with Crippen LogP contribution in [0.3, 0.4) is 0 Å². The molecule has 0 aliphatic heterocycles. The van der Waals surface area contributed by atoms with Gasteiger partial charge in [0.05, 0.1) is 5.56 Å². The zero-order valence-corrected chi connectivity index (χ0v) is 16.8. The Morgan fingerprint density at radius 2 is 1.64 bits per heavy atom. The molecule has 3 saturated carbocycles. The van der Waals surface area contributed by atoms with Crippen molar-refractivity contribution < 1.29 is 18.7 Å². The number of hydrogen-bond acceptors (Lipinski definition) is 1. The van der Waals surface area contributed by atoms with Gasteiger partial charge in [-0.25, -0.2) is 13.6 Å². The van der Waals surface area contributed by atoms with Crippen LogP contribution in [-0.4, -0.2) is 11.1 Å². The molecule has 28 heavy (non-hydrogen) atoms. The molecule has 6 atom stereocenters. The molecule has 154 valence electrons. The summed E-state index contributed by atoms with van der Waals surface area (Å²) < 4.78 is 28.7. The minimum Gasteiger partial charge on any atom is -0.478 e. The second-order valence-corrected chi connectivity index (χ2v) is 9.56. The molecule has 3 aliphatic rings. The third-order valence-electron chi connectivity index (χ3n) is 8.10. The van der Waals surface area contributed by atoms with E-state index in [1.165, 1.54) is 44.9 Å². The van der Waals surface area contributed by atoms with Crippen molar-refractivity contribution in [3.63, 3.8) is 0 Å². The average Bonchev–Trinajstić information content (AvgIpc) is 2.68. The molecule has 3 aliphatic carbocycles. The number of benzene rings is 1. The van der Waals surface area contributed by atoms with Gasteiger partial charge >= 0.3 is 5.97 Å². The fourth-order valence-corrected chi connectivity index (χ4v) is 6.88. The van der Waals surface area contributed by atoms with Crippen LogP contribution in [0.25, 0.3) is 0 Å². The Balaban J connectivity index is 1.46. The molecule has 0 saturated heterocycles. The zero-order valence-electron chi connectivity index (χ0n) is 16.8. The first kappa shape index (κ1) is 19.8. The third-order valence-corrected chi connectivity index (χ3v) is 8.10. The summed E-state index contributed by atoms with van der Waals surface area (Å²) in [6, 6.07) is 2.01. The maximum absolute atomic E-state index is 14.6. The molecule has 0 amide bonds. The molecule has 3 fully saturated rings. The number of aromatic carboxylic acids is 1. The predicted octanol–water partition coefficient (Wildman–Crippen LogP) is 6.79. The fourth-order valence-electron chi connectivity index (χ4n) is 6.88. The second kappa shape index (κ2) is 8.12. The highest BCUT2D eigenvalue weighted by Gasteiger charge is 2.44. The van der Waals surface area contributed by atoms with Crippen molar-refractivity contribution in [2.24, 2.45) is 29.6 Å². The smallest absolute Gasteiger partial charge is 0.338 e. The molecule has 0 heterocycles. The normalized spacial score (nSPS) is 35.1. The van der Waals surface area contributed by atoms with Crippen LogP contribution in [0, 0.1) is 41.2 Å². The van der Waals surface area contributed by atoms with Gasteiger partial charge in [-0.2, -0.15) is 0 Å². The van der Waals surface area contributed by atoms with Crippen molar-refractivity contribution in [3.8, 4) is 0 Å². The largest absolute Gasteiger partial charge is 0.478 e. The number of carboxylic acids is 1. The highest BCUT2D eigenvalue weighted by molar-refractivity contribution is 5.88. The topological polar surface area (TPSA) is 37.3 Å². The van der Waals surface area contributed by atoms with E-state index in [0.717, 1.165) is 55.1 Å². The van der Waals surface area contributed by atoms with Crippen LogP contribution in [0.2, 0.25) is 0 Å². The monoisotopic (exact) mass is 390 g/mol. The highest BCUT2D eigenvalue weighted by Crippen LogP contribution is 2.55. The molecule has 4 rings (SSSR count). The van der Waals surface area contributed by atoms with E-state index in [-0.39, 0.29) is 5.92 Å². The van der Waals surface area contributed by atoms with Crippen LogP contribution in [0.1, 0.15) is 93.0 Å². The van der Waals surface area contributed by atoms with Gasteiger partial charge in [-0.05, 0) is 98.1 Å². The van der Waals surface area contributed by atoms with Gasteiger partial charge in [-0.1, -0.05) is 26.2 Å². The molecule has 0 radical (unpaired) electrons. The molecule has 0 bridgehead atoms.